The molecular formula is C9H11N5. The predicted molar refractivity (Wildman–Crippen MR) is 55.1 cm³/mol. The molecule has 2 aromatic heterocycles. The number of nitrogen functional groups attached to an aromatic ring is 1. The summed E-state index contributed by atoms with van der Waals surface area (Å²) < 4.78 is 1.73. The highest BCUT2D eigenvalue weighted by atomic mass is 15.3. The average molecular weight is 189 g/mol. The van der Waals surface area contributed by atoms with Gasteiger partial charge in [-0.05, 0) is 12.1 Å². The molecule has 0 aliphatic heterocycles. The smallest absolute Gasteiger partial charge is 0.152 e. The number of aryl methyl sites for hydroxylation is 1. The summed E-state index contributed by atoms with van der Waals surface area (Å²) in [5.74, 6) is 1.30. The molecule has 3 N–H and O–H groups in total. The number of nitrogens with two attached hydrogens (primary N) is 1. The van der Waals surface area contributed by atoms with Gasteiger partial charge in [-0.3, -0.25) is 4.68 Å². The molecule has 0 radical (unpaired) electrons. The molecule has 0 aliphatic carbocycles. The Morgan fingerprint density at radius 1 is 1.36 bits per heavy atom. The average Bonchev–Trinajstić information content (AvgIpc) is 2.56. The zero-order valence-corrected chi connectivity index (χ0v) is 7.81. The molecule has 0 aromatic carbocycles. The first-order valence-corrected chi connectivity index (χ1v) is 4.22. The van der Waals surface area contributed by atoms with Crippen molar-refractivity contribution in [1.29, 1.82) is 0 Å². The molecule has 0 saturated carbocycles. The molecule has 0 aliphatic rings. The molecule has 2 aromatic rings. The van der Waals surface area contributed by atoms with Gasteiger partial charge in [0.2, 0.25) is 0 Å². The standard InChI is InChI=1S/C9H11N5/c1-14-5-4-9(13-14)12-7-2-3-8(10)11-6-7/h2-6H,1H3,(H2,10,11)(H,12,13). The van der Waals surface area contributed by atoms with Crippen LogP contribution in [0, 0.1) is 0 Å². The van der Waals surface area contributed by atoms with E-state index in [1.54, 1.807) is 16.9 Å². The Kier molecular flexibility index (Phi) is 2.06. The fourth-order valence-electron chi connectivity index (χ4n) is 1.11. The molecule has 5 heteroatoms. The van der Waals surface area contributed by atoms with Gasteiger partial charge in [0, 0.05) is 19.3 Å². The van der Waals surface area contributed by atoms with Crippen LogP contribution < -0.4 is 11.1 Å². The molecular weight excluding hydrogens is 178 g/mol. The molecule has 0 atom stereocenters. The first-order chi connectivity index (χ1) is 6.74. The van der Waals surface area contributed by atoms with E-state index in [1.165, 1.54) is 0 Å². The third-order valence-electron chi connectivity index (χ3n) is 1.77. The van der Waals surface area contributed by atoms with Crippen LogP contribution in [0.5, 0.6) is 0 Å². The molecule has 0 amide bonds. The highest BCUT2D eigenvalue weighted by Crippen LogP contribution is 2.13. The number of nitrogens with one attached hydrogen (secondary N) is 1. The molecule has 72 valence electrons. The zero-order valence-electron chi connectivity index (χ0n) is 7.81. The van der Waals surface area contributed by atoms with Gasteiger partial charge in [0.25, 0.3) is 0 Å². The van der Waals surface area contributed by atoms with Crippen LogP contribution in [-0.2, 0) is 7.05 Å². The number of nitrogens with zero attached hydrogens (tertiary/aromatic N) is 3. The van der Waals surface area contributed by atoms with Crippen LogP contribution in [0.15, 0.2) is 30.6 Å². The summed E-state index contributed by atoms with van der Waals surface area (Å²) in [5.41, 5.74) is 6.34. The van der Waals surface area contributed by atoms with Crippen molar-refractivity contribution in [2.75, 3.05) is 11.1 Å². The quantitative estimate of drug-likeness (QED) is 0.743. The molecule has 0 unspecified atom stereocenters. The maximum absolute atomic E-state index is 5.47. The first kappa shape index (κ1) is 8.55. The van der Waals surface area contributed by atoms with Gasteiger partial charge in [-0.2, -0.15) is 5.10 Å². The van der Waals surface area contributed by atoms with E-state index in [2.05, 4.69) is 15.4 Å². The van der Waals surface area contributed by atoms with Crippen LogP contribution in [0.1, 0.15) is 0 Å². The number of hydrogen-bond acceptors (Lipinski definition) is 4. The minimum atomic E-state index is 0.511. The lowest BCUT2D eigenvalue weighted by atomic mass is 10.4. The summed E-state index contributed by atoms with van der Waals surface area (Å²) >= 11 is 0. The largest absolute Gasteiger partial charge is 0.384 e. The summed E-state index contributed by atoms with van der Waals surface area (Å²) in [6.45, 7) is 0. The van der Waals surface area contributed by atoms with Crippen LogP contribution in [0.25, 0.3) is 0 Å². The second kappa shape index (κ2) is 3.37. The van der Waals surface area contributed by atoms with Gasteiger partial charge in [-0.25, -0.2) is 4.98 Å². The Bertz CT molecular complexity index is 417. The molecule has 0 spiro atoms. The first-order valence-electron chi connectivity index (χ1n) is 4.22. The van der Waals surface area contributed by atoms with E-state index in [0.29, 0.717) is 5.82 Å². The summed E-state index contributed by atoms with van der Waals surface area (Å²) in [6, 6.07) is 5.48. The van der Waals surface area contributed by atoms with Gasteiger partial charge in [0.15, 0.2) is 5.82 Å². The second-order valence-electron chi connectivity index (χ2n) is 2.97. The van der Waals surface area contributed by atoms with Gasteiger partial charge in [-0.1, -0.05) is 0 Å². The molecule has 2 rings (SSSR count). The van der Waals surface area contributed by atoms with Crippen LogP contribution in [-0.4, -0.2) is 14.8 Å². The molecule has 2 heterocycles. The van der Waals surface area contributed by atoms with E-state index in [-0.39, 0.29) is 0 Å². The highest BCUT2D eigenvalue weighted by molar-refractivity contribution is 5.55. The SMILES string of the molecule is Cn1ccc(Nc2ccc(N)nc2)n1. The predicted octanol–water partition coefficient (Wildman–Crippen LogP) is 1.14. The lowest BCUT2D eigenvalue weighted by molar-refractivity contribution is 0.771. The number of anilines is 3. The van der Waals surface area contributed by atoms with Crippen molar-refractivity contribution < 1.29 is 0 Å². The van der Waals surface area contributed by atoms with Crippen molar-refractivity contribution in [3.8, 4) is 0 Å². The van der Waals surface area contributed by atoms with Gasteiger partial charge in [0.1, 0.15) is 5.82 Å². The van der Waals surface area contributed by atoms with Crippen molar-refractivity contribution in [2.24, 2.45) is 7.05 Å². The van der Waals surface area contributed by atoms with Crippen molar-refractivity contribution in [1.82, 2.24) is 14.8 Å². The fraction of sp³-hybridized carbons (Fsp3) is 0.111. The van der Waals surface area contributed by atoms with Crippen molar-refractivity contribution in [2.45, 2.75) is 0 Å². The van der Waals surface area contributed by atoms with E-state index >= 15 is 0 Å². The lowest BCUT2D eigenvalue weighted by Crippen LogP contribution is -1.95. The number of rotatable bonds is 2. The molecule has 0 bridgehead atoms. The highest BCUT2D eigenvalue weighted by Gasteiger charge is 1.97. The van der Waals surface area contributed by atoms with Crippen LogP contribution >= 0.6 is 0 Å². The Balaban J connectivity index is 2.15. The Morgan fingerprint density at radius 3 is 2.79 bits per heavy atom. The fourth-order valence-corrected chi connectivity index (χ4v) is 1.11. The summed E-state index contributed by atoms with van der Waals surface area (Å²) in [7, 11) is 1.87. The van der Waals surface area contributed by atoms with Gasteiger partial charge < -0.3 is 11.1 Å². The molecule has 5 nitrogen and oxygen atoms in total. The van der Waals surface area contributed by atoms with Crippen LogP contribution in [0.4, 0.5) is 17.3 Å². The van der Waals surface area contributed by atoms with Gasteiger partial charge >= 0.3 is 0 Å². The number of aromatic nitrogens is 3. The maximum atomic E-state index is 5.47. The van der Waals surface area contributed by atoms with Gasteiger partial charge in [-0.15, -0.1) is 0 Å². The zero-order chi connectivity index (χ0) is 9.97. The van der Waals surface area contributed by atoms with E-state index in [1.807, 2.05) is 25.4 Å². The molecule has 14 heavy (non-hydrogen) atoms. The van der Waals surface area contributed by atoms with E-state index in [9.17, 15) is 0 Å². The Morgan fingerprint density at radius 2 is 2.21 bits per heavy atom. The Labute approximate surface area is 81.6 Å². The minimum absolute atomic E-state index is 0.511. The van der Waals surface area contributed by atoms with E-state index in [0.717, 1.165) is 11.5 Å². The van der Waals surface area contributed by atoms with Crippen LogP contribution in [0.2, 0.25) is 0 Å². The number of hydrogen-bond donors (Lipinski definition) is 2. The lowest BCUT2D eigenvalue weighted by Gasteiger charge is -2.01. The molecule has 0 saturated heterocycles. The topological polar surface area (TPSA) is 68.8 Å². The van der Waals surface area contributed by atoms with Crippen molar-refractivity contribution in [3.05, 3.63) is 30.6 Å². The maximum Gasteiger partial charge on any atom is 0.152 e. The normalized spacial score (nSPS) is 10.1. The Hall–Kier alpha value is -2.04. The van der Waals surface area contributed by atoms with Crippen molar-refractivity contribution >= 4 is 17.3 Å². The van der Waals surface area contributed by atoms with Crippen LogP contribution in [0.3, 0.4) is 0 Å². The second-order valence-corrected chi connectivity index (χ2v) is 2.97. The minimum Gasteiger partial charge on any atom is -0.384 e. The third kappa shape index (κ3) is 1.82. The number of pyridine rings is 1. The monoisotopic (exact) mass is 189 g/mol. The van der Waals surface area contributed by atoms with E-state index < -0.39 is 0 Å². The third-order valence-corrected chi connectivity index (χ3v) is 1.77. The summed E-state index contributed by atoms with van der Waals surface area (Å²) in [6.07, 6.45) is 3.54. The van der Waals surface area contributed by atoms with Crippen molar-refractivity contribution in [3.63, 3.8) is 0 Å². The van der Waals surface area contributed by atoms with E-state index in [4.69, 9.17) is 5.73 Å². The molecule has 0 fully saturated rings. The summed E-state index contributed by atoms with van der Waals surface area (Å²) in [4.78, 5) is 3.96. The summed E-state index contributed by atoms with van der Waals surface area (Å²) in [5, 5.41) is 7.28. The van der Waals surface area contributed by atoms with Gasteiger partial charge in [0.05, 0.1) is 11.9 Å².